The second-order valence-corrected chi connectivity index (χ2v) is 8.56. The van der Waals surface area contributed by atoms with Gasteiger partial charge in [-0.25, -0.2) is 8.42 Å². The molecule has 0 amide bonds. The van der Waals surface area contributed by atoms with Gasteiger partial charge in [0.25, 0.3) is 10.0 Å². The molecule has 0 bridgehead atoms. The SMILES string of the molecule is COc1ccc(N/C=C2\C(=O)c3ccccc3N(Cc3ccccc3)S2(=O)=O)cc1. The molecule has 0 spiro atoms. The van der Waals surface area contributed by atoms with Crippen molar-refractivity contribution in [3.05, 3.63) is 101 Å². The molecule has 0 radical (unpaired) electrons. The van der Waals surface area contributed by atoms with Crippen LogP contribution in [0.25, 0.3) is 0 Å². The van der Waals surface area contributed by atoms with Gasteiger partial charge in [-0.2, -0.15) is 0 Å². The number of ether oxygens (including phenoxy) is 1. The van der Waals surface area contributed by atoms with Crippen molar-refractivity contribution in [3.8, 4) is 5.75 Å². The number of benzene rings is 3. The maximum atomic E-state index is 13.4. The van der Waals surface area contributed by atoms with Gasteiger partial charge in [0.2, 0.25) is 5.78 Å². The summed E-state index contributed by atoms with van der Waals surface area (Å²) in [5.41, 5.74) is 2.20. The van der Waals surface area contributed by atoms with Crippen molar-refractivity contribution in [2.75, 3.05) is 16.7 Å². The lowest BCUT2D eigenvalue weighted by molar-refractivity contribution is 0.104. The van der Waals surface area contributed by atoms with Gasteiger partial charge < -0.3 is 10.1 Å². The molecule has 0 fully saturated rings. The molecule has 0 saturated heterocycles. The lowest BCUT2D eigenvalue weighted by Gasteiger charge is -2.31. The van der Waals surface area contributed by atoms with E-state index in [1.165, 1.54) is 10.5 Å². The number of fused-ring (bicyclic) bond motifs is 1. The Balaban J connectivity index is 1.74. The van der Waals surface area contributed by atoms with Crippen molar-refractivity contribution in [1.82, 2.24) is 0 Å². The van der Waals surface area contributed by atoms with Crippen LogP contribution < -0.4 is 14.4 Å². The summed E-state index contributed by atoms with van der Waals surface area (Å²) >= 11 is 0. The van der Waals surface area contributed by atoms with E-state index in [0.717, 1.165) is 5.56 Å². The summed E-state index contributed by atoms with van der Waals surface area (Å²) in [6.45, 7) is 0.132. The van der Waals surface area contributed by atoms with Gasteiger partial charge in [0, 0.05) is 17.5 Å². The van der Waals surface area contributed by atoms with E-state index in [9.17, 15) is 13.2 Å². The number of ketones is 1. The number of allylic oxidation sites excluding steroid dienone is 1. The van der Waals surface area contributed by atoms with Crippen LogP contribution in [-0.4, -0.2) is 21.3 Å². The molecule has 1 aliphatic rings. The van der Waals surface area contributed by atoms with Crippen LogP contribution in [0.2, 0.25) is 0 Å². The molecule has 0 aromatic heterocycles. The van der Waals surface area contributed by atoms with Crippen molar-refractivity contribution in [1.29, 1.82) is 0 Å². The molecule has 0 saturated carbocycles. The first kappa shape index (κ1) is 19.7. The fourth-order valence-electron chi connectivity index (χ4n) is 3.28. The zero-order chi connectivity index (χ0) is 21.1. The summed E-state index contributed by atoms with van der Waals surface area (Å²) in [7, 11) is -2.48. The van der Waals surface area contributed by atoms with Crippen molar-refractivity contribution < 1.29 is 17.9 Å². The lowest BCUT2D eigenvalue weighted by Crippen LogP contribution is -2.39. The lowest BCUT2D eigenvalue weighted by atomic mass is 10.1. The average molecular weight is 420 g/mol. The number of carbonyl (C=O) groups excluding carboxylic acids is 1. The Hall–Kier alpha value is -3.58. The molecule has 1 N–H and O–H groups in total. The second kappa shape index (κ2) is 8.04. The number of rotatable bonds is 5. The standard InChI is InChI=1S/C23H20N2O4S/c1-29-19-13-11-18(12-14-19)24-15-22-23(26)20-9-5-6-10-21(20)25(30(22,27)28)16-17-7-3-2-4-8-17/h2-15,24H,16H2,1H3/b22-15+. The first-order valence-corrected chi connectivity index (χ1v) is 10.8. The Morgan fingerprint density at radius 2 is 1.60 bits per heavy atom. The molecule has 3 aromatic rings. The molecule has 4 rings (SSSR count). The number of carbonyl (C=O) groups is 1. The molecule has 152 valence electrons. The fourth-order valence-corrected chi connectivity index (χ4v) is 4.80. The van der Waals surface area contributed by atoms with E-state index >= 15 is 0 Å². The van der Waals surface area contributed by atoms with Gasteiger partial charge >= 0.3 is 0 Å². The van der Waals surface area contributed by atoms with E-state index in [4.69, 9.17) is 4.74 Å². The third-order valence-corrected chi connectivity index (χ3v) is 6.60. The van der Waals surface area contributed by atoms with E-state index in [-0.39, 0.29) is 11.4 Å². The maximum Gasteiger partial charge on any atom is 0.270 e. The zero-order valence-corrected chi connectivity index (χ0v) is 17.1. The van der Waals surface area contributed by atoms with Crippen molar-refractivity contribution in [2.45, 2.75) is 6.54 Å². The van der Waals surface area contributed by atoms with Gasteiger partial charge in [0.15, 0.2) is 4.91 Å². The van der Waals surface area contributed by atoms with Gasteiger partial charge in [0.1, 0.15) is 5.75 Å². The van der Waals surface area contributed by atoms with Crippen molar-refractivity contribution >= 4 is 27.2 Å². The van der Waals surface area contributed by atoms with Gasteiger partial charge in [-0.3, -0.25) is 9.10 Å². The number of hydrogen-bond donors (Lipinski definition) is 1. The monoisotopic (exact) mass is 420 g/mol. The minimum Gasteiger partial charge on any atom is -0.497 e. The highest BCUT2D eigenvalue weighted by atomic mass is 32.2. The third-order valence-electron chi connectivity index (χ3n) is 4.84. The van der Waals surface area contributed by atoms with Crippen LogP contribution in [0, 0.1) is 0 Å². The Kier molecular flexibility index (Phi) is 5.29. The first-order valence-electron chi connectivity index (χ1n) is 9.32. The van der Waals surface area contributed by atoms with E-state index in [1.54, 1.807) is 55.6 Å². The summed E-state index contributed by atoms with van der Waals surface area (Å²) in [5.74, 6) is 0.147. The minimum atomic E-state index is -4.05. The first-order chi connectivity index (χ1) is 14.5. The van der Waals surface area contributed by atoms with E-state index in [0.29, 0.717) is 22.7 Å². The molecule has 0 unspecified atom stereocenters. The third kappa shape index (κ3) is 3.67. The number of nitrogens with zero attached hydrogens (tertiary/aromatic N) is 1. The average Bonchev–Trinajstić information content (AvgIpc) is 2.77. The van der Waals surface area contributed by atoms with E-state index in [2.05, 4.69) is 5.32 Å². The second-order valence-electron chi connectivity index (χ2n) is 6.72. The van der Waals surface area contributed by atoms with Crippen LogP contribution in [0.1, 0.15) is 15.9 Å². The molecule has 0 aliphatic carbocycles. The maximum absolute atomic E-state index is 13.4. The van der Waals surface area contributed by atoms with Crippen LogP contribution in [0.15, 0.2) is 90.0 Å². The normalized spacial score (nSPS) is 16.2. The minimum absolute atomic E-state index is 0.132. The number of Topliss-reactive ketones (excluding diaryl/α,β-unsaturated/α-hetero) is 1. The molecule has 1 heterocycles. The van der Waals surface area contributed by atoms with E-state index in [1.807, 2.05) is 30.3 Å². The predicted molar refractivity (Wildman–Crippen MR) is 117 cm³/mol. The molecule has 0 atom stereocenters. The number of hydrogen-bond acceptors (Lipinski definition) is 5. The highest BCUT2D eigenvalue weighted by molar-refractivity contribution is 7.97. The van der Waals surface area contributed by atoms with Crippen LogP contribution in [0.4, 0.5) is 11.4 Å². The molecular weight excluding hydrogens is 400 g/mol. The van der Waals surface area contributed by atoms with Gasteiger partial charge in [-0.1, -0.05) is 42.5 Å². The Morgan fingerprint density at radius 3 is 2.30 bits per heavy atom. The van der Waals surface area contributed by atoms with Gasteiger partial charge in [-0.15, -0.1) is 0 Å². The molecular formula is C23H20N2O4S. The largest absolute Gasteiger partial charge is 0.497 e. The summed E-state index contributed by atoms with van der Waals surface area (Å²) in [5, 5.41) is 2.92. The highest BCUT2D eigenvalue weighted by Gasteiger charge is 2.39. The van der Waals surface area contributed by atoms with E-state index < -0.39 is 15.8 Å². The number of sulfonamides is 1. The zero-order valence-electron chi connectivity index (χ0n) is 16.3. The van der Waals surface area contributed by atoms with Crippen LogP contribution in [0.3, 0.4) is 0 Å². The molecule has 1 aliphatic heterocycles. The van der Waals surface area contributed by atoms with Crippen LogP contribution in [-0.2, 0) is 16.6 Å². The number of anilines is 2. The topological polar surface area (TPSA) is 75.7 Å². The molecule has 6 nitrogen and oxygen atoms in total. The van der Waals surface area contributed by atoms with Crippen LogP contribution in [0.5, 0.6) is 5.75 Å². The number of nitrogens with one attached hydrogen (secondary N) is 1. The summed E-state index contributed by atoms with van der Waals surface area (Å²) in [6.07, 6.45) is 1.26. The quantitative estimate of drug-likeness (QED) is 0.627. The predicted octanol–water partition coefficient (Wildman–Crippen LogP) is 4.18. The Bertz CT molecular complexity index is 1200. The molecule has 30 heavy (non-hydrogen) atoms. The van der Waals surface area contributed by atoms with Crippen LogP contribution >= 0.6 is 0 Å². The molecule has 7 heteroatoms. The summed E-state index contributed by atoms with van der Waals surface area (Å²) in [6, 6.07) is 23.0. The summed E-state index contributed by atoms with van der Waals surface area (Å²) < 4.78 is 33.2. The Morgan fingerprint density at radius 1 is 0.933 bits per heavy atom. The number of methoxy groups -OCH3 is 1. The Labute approximate surface area is 175 Å². The smallest absolute Gasteiger partial charge is 0.270 e. The van der Waals surface area contributed by atoms with Crippen molar-refractivity contribution in [3.63, 3.8) is 0 Å². The van der Waals surface area contributed by atoms with Gasteiger partial charge in [-0.05, 0) is 42.0 Å². The molecule has 3 aromatic carbocycles. The fraction of sp³-hybridized carbons (Fsp3) is 0.0870. The number of para-hydroxylation sites is 1. The highest BCUT2D eigenvalue weighted by Crippen LogP contribution is 2.36. The summed E-state index contributed by atoms with van der Waals surface area (Å²) in [4.78, 5) is 12.7. The van der Waals surface area contributed by atoms with Crippen molar-refractivity contribution in [2.24, 2.45) is 0 Å². The van der Waals surface area contributed by atoms with Gasteiger partial charge in [0.05, 0.1) is 19.3 Å².